The van der Waals surface area contributed by atoms with Crippen molar-refractivity contribution in [2.75, 3.05) is 32.2 Å². The van der Waals surface area contributed by atoms with Crippen molar-refractivity contribution in [3.05, 3.63) is 75.9 Å². The standard InChI is InChI=1S/C44H51Cl2N5O9/c1-42(2,3)59-40(54)33(48-41(55)60-43(4,5)6)13-14-36(52)47-28-12-10-11-25(17-28)30-21-31-35(22-34(30)56-9)58-23-32-37(39(53)50-15-16-57-24-44(50,7)8)49-51(38(31)32)29-19-26(45)18-27(46)20-29/h10-12,17-22,33H,13-16,23-24H2,1-9H3,(H,47,52)(H,48,55)/t33-/m1/s1. The Kier molecular flexibility index (Phi) is 12.8. The van der Waals surface area contributed by atoms with Crippen LogP contribution in [0.25, 0.3) is 28.1 Å². The highest BCUT2D eigenvalue weighted by Gasteiger charge is 2.39. The molecule has 16 heteroatoms. The van der Waals surface area contributed by atoms with Crippen LogP contribution < -0.4 is 20.1 Å². The summed E-state index contributed by atoms with van der Waals surface area (Å²) >= 11 is 13.0. The van der Waals surface area contributed by atoms with Crippen molar-refractivity contribution >= 4 is 52.8 Å². The second kappa shape index (κ2) is 17.3. The van der Waals surface area contributed by atoms with E-state index in [1.165, 1.54) is 0 Å². The van der Waals surface area contributed by atoms with Crippen LogP contribution in [0.2, 0.25) is 10.0 Å². The Bertz CT molecular complexity index is 2290. The maximum absolute atomic E-state index is 14.3. The van der Waals surface area contributed by atoms with Crippen molar-refractivity contribution in [1.82, 2.24) is 20.0 Å². The molecule has 3 heterocycles. The number of nitrogens with one attached hydrogen (secondary N) is 2. The Labute approximate surface area is 359 Å². The van der Waals surface area contributed by atoms with Gasteiger partial charge in [0, 0.05) is 51.5 Å². The molecule has 0 saturated carbocycles. The molecule has 2 aliphatic rings. The highest BCUT2D eigenvalue weighted by atomic mass is 35.5. The number of methoxy groups -OCH3 is 1. The molecular weight excluding hydrogens is 813 g/mol. The number of anilines is 1. The first kappa shape index (κ1) is 44.2. The molecule has 0 bridgehead atoms. The first-order valence-electron chi connectivity index (χ1n) is 19.6. The zero-order valence-electron chi connectivity index (χ0n) is 35.3. The first-order valence-corrected chi connectivity index (χ1v) is 20.3. The van der Waals surface area contributed by atoms with E-state index < -0.39 is 40.8 Å². The molecule has 3 amide bonds. The molecule has 1 aromatic heterocycles. The van der Waals surface area contributed by atoms with Gasteiger partial charge in [-0.25, -0.2) is 14.3 Å². The number of aromatic nitrogens is 2. The van der Waals surface area contributed by atoms with Gasteiger partial charge in [0.1, 0.15) is 35.3 Å². The van der Waals surface area contributed by atoms with Crippen molar-refractivity contribution in [3.8, 4) is 39.6 Å². The van der Waals surface area contributed by atoms with Gasteiger partial charge in [-0.05, 0) is 104 Å². The van der Waals surface area contributed by atoms with Gasteiger partial charge < -0.3 is 39.2 Å². The normalized spacial score (nSPS) is 15.2. The zero-order chi connectivity index (χ0) is 43.7. The van der Waals surface area contributed by atoms with Crippen LogP contribution in [-0.2, 0) is 30.4 Å². The summed E-state index contributed by atoms with van der Waals surface area (Å²) in [6.07, 6.45) is -0.960. The van der Waals surface area contributed by atoms with Crippen LogP contribution in [0.5, 0.6) is 11.5 Å². The fourth-order valence-corrected chi connectivity index (χ4v) is 7.51. The minimum atomic E-state index is -1.13. The summed E-state index contributed by atoms with van der Waals surface area (Å²) in [5.74, 6) is -0.332. The summed E-state index contributed by atoms with van der Waals surface area (Å²) in [6.45, 7) is 15.4. The largest absolute Gasteiger partial charge is 0.496 e. The average molecular weight is 865 g/mol. The summed E-state index contributed by atoms with van der Waals surface area (Å²) in [5.41, 5.74) is 2.28. The summed E-state index contributed by atoms with van der Waals surface area (Å²) in [4.78, 5) is 55.1. The SMILES string of the molecule is COc1cc2c(cc1-c1cccc(NC(=O)CC[C@@H](NC(=O)OC(C)(C)C)C(=O)OC(C)(C)C)c1)-c1c(c(C(=O)N3CCOCC3(C)C)nn1-c1cc(Cl)cc(Cl)c1)CO2. The molecule has 0 spiro atoms. The van der Waals surface area contributed by atoms with Gasteiger partial charge in [-0.2, -0.15) is 5.10 Å². The molecule has 6 rings (SSSR count). The number of morpholine rings is 1. The molecule has 60 heavy (non-hydrogen) atoms. The highest BCUT2D eigenvalue weighted by Crippen LogP contribution is 2.47. The highest BCUT2D eigenvalue weighted by molar-refractivity contribution is 6.34. The molecule has 4 aromatic rings. The Morgan fingerprint density at radius 1 is 0.933 bits per heavy atom. The van der Waals surface area contributed by atoms with Crippen LogP contribution in [0.15, 0.2) is 54.6 Å². The van der Waals surface area contributed by atoms with E-state index in [0.29, 0.717) is 80.6 Å². The van der Waals surface area contributed by atoms with E-state index in [0.717, 1.165) is 0 Å². The Hall–Kier alpha value is -5.31. The number of halogens is 2. The quantitative estimate of drug-likeness (QED) is 0.148. The number of benzene rings is 3. The second-order valence-electron chi connectivity index (χ2n) is 17.3. The number of fused-ring (bicyclic) bond motifs is 3. The van der Waals surface area contributed by atoms with Gasteiger partial charge in [-0.1, -0.05) is 35.3 Å². The lowest BCUT2D eigenvalue weighted by atomic mass is 9.95. The first-order chi connectivity index (χ1) is 28.1. The Balaban J connectivity index is 1.32. The lowest BCUT2D eigenvalue weighted by Gasteiger charge is -2.41. The van der Waals surface area contributed by atoms with E-state index in [4.69, 9.17) is 52.0 Å². The molecule has 0 unspecified atom stereocenters. The van der Waals surface area contributed by atoms with Crippen molar-refractivity contribution in [3.63, 3.8) is 0 Å². The van der Waals surface area contributed by atoms with Crippen LogP contribution >= 0.6 is 23.2 Å². The molecule has 2 N–H and O–H groups in total. The van der Waals surface area contributed by atoms with Gasteiger partial charge in [0.25, 0.3) is 5.91 Å². The maximum Gasteiger partial charge on any atom is 0.408 e. The number of hydrogen-bond acceptors (Lipinski definition) is 10. The minimum absolute atomic E-state index is 0.0420. The second-order valence-corrected chi connectivity index (χ2v) is 18.1. The van der Waals surface area contributed by atoms with Gasteiger partial charge in [-0.3, -0.25) is 9.59 Å². The van der Waals surface area contributed by atoms with Crippen LogP contribution in [0.4, 0.5) is 10.5 Å². The number of amides is 3. The van der Waals surface area contributed by atoms with E-state index in [2.05, 4.69) is 10.6 Å². The lowest BCUT2D eigenvalue weighted by molar-refractivity contribution is -0.157. The van der Waals surface area contributed by atoms with E-state index in [1.807, 2.05) is 26.0 Å². The number of ether oxygens (including phenoxy) is 5. The van der Waals surface area contributed by atoms with Gasteiger partial charge in [0.2, 0.25) is 5.91 Å². The van der Waals surface area contributed by atoms with E-state index in [9.17, 15) is 19.2 Å². The van der Waals surface area contributed by atoms with Crippen molar-refractivity contribution in [2.45, 2.75) is 97.6 Å². The minimum Gasteiger partial charge on any atom is -0.496 e. The number of esters is 1. The van der Waals surface area contributed by atoms with Crippen LogP contribution in [0.1, 0.15) is 84.3 Å². The topological polar surface area (TPSA) is 160 Å². The third-order valence-electron chi connectivity index (χ3n) is 9.60. The van der Waals surface area contributed by atoms with Gasteiger partial charge >= 0.3 is 12.1 Å². The lowest BCUT2D eigenvalue weighted by Crippen LogP contribution is -2.55. The summed E-state index contributed by atoms with van der Waals surface area (Å²) in [6, 6.07) is 14.8. The Morgan fingerprint density at radius 2 is 1.63 bits per heavy atom. The molecule has 0 aliphatic carbocycles. The molecular formula is C44H51Cl2N5O9. The van der Waals surface area contributed by atoms with Gasteiger partial charge in [-0.15, -0.1) is 0 Å². The maximum atomic E-state index is 14.3. The molecule has 0 radical (unpaired) electrons. The molecule has 3 aromatic carbocycles. The third-order valence-corrected chi connectivity index (χ3v) is 10.0. The van der Waals surface area contributed by atoms with E-state index >= 15 is 0 Å². The average Bonchev–Trinajstić information content (AvgIpc) is 3.54. The van der Waals surface area contributed by atoms with Crippen LogP contribution in [-0.4, -0.2) is 88.2 Å². The molecule has 2 aliphatic heterocycles. The number of nitrogens with zero attached hydrogens (tertiary/aromatic N) is 3. The zero-order valence-corrected chi connectivity index (χ0v) is 36.8. The number of carbonyl (C=O) groups excluding carboxylic acids is 4. The van der Waals surface area contributed by atoms with Crippen LogP contribution in [0.3, 0.4) is 0 Å². The monoisotopic (exact) mass is 863 g/mol. The van der Waals surface area contributed by atoms with E-state index in [1.54, 1.807) is 101 Å². The predicted molar refractivity (Wildman–Crippen MR) is 228 cm³/mol. The number of alkyl carbamates (subject to hydrolysis) is 1. The molecule has 1 saturated heterocycles. The molecule has 320 valence electrons. The number of rotatable bonds is 10. The van der Waals surface area contributed by atoms with Gasteiger partial charge in [0.05, 0.1) is 37.2 Å². The summed E-state index contributed by atoms with van der Waals surface area (Å²) in [5, 5.41) is 11.2. The summed E-state index contributed by atoms with van der Waals surface area (Å²) in [7, 11) is 1.55. The van der Waals surface area contributed by atoms with E-state index in [-0.39, 0.29) is 31.0 Å². The molecule has 1 atom stereocenters. The molecule has 1 fully saturated rings. The predicted octanol–water partition coefficient (Wildman–Crippen LogP) is 8.62. The summed E-state index contributed by atoms with van der Waals surface area (Å²) < 4.78 is 30.4. The number of hydrogen-bond donors (Lipinski definition) is 2. The van der Waals surface area contributed by atoms with Crippen molar-refractivity contribution in [1.29, 1.82) is 0 Å². The van der Waals surface area contributed by atoms with Crippen molar-refractivity contribution < 1.29 is 42.9 Å². The molecule has 14 nitrogen and oxygen atoms in total. The van der Waals surface area contributed by atoms with Crippen molar-refractivity contribution in [2.24, 2.45) is 0 Å². The van der Waals surface area contributed by atoms with Gasteiger partial charge in [0.15, 0.2) is 5.69 Å². The van der Waals surface area contributed by atoms with Crippen LogP contribution in [0, 0.1) is 0 Å². The smallest absolute Gasteiger partial charge is 0.408 e. The fourth-order valence-electron chi connectivity index (χ4n) is 6.99. The number of carbonyl (C=O) groups is 4. The fraction of sp³-hybridized carbons (Fsp3) is 0.432. The Morgan fingerprint density at radius 3 is 2.28 bits per heavy atom. The third kappa shape index (κ3) is 10.3.